The molecule has 0 unspecified atom stereocenters. The average molecular weight is 306 g/mol. The number of likely N-dealkylation sites (tertiary alicyclic amines) is 1. The second-order valence-corrected chi connectivity index (χ2v) is 5.88. The van der Waals surface area contributed by atoms with Gasteiger partial charge in [0.1, 0.15) is 11.9 Å². The average Bonchev–Trinajstić information content (AvgIpc) is 2.82. The van der Waals surface area contributed by atoms with Gasteiger partial charge in [-0.1, -0.05) is 29.8 Å². The summed E-state index contributed by atoms with van der Waals surface area (Å²) >= 11 is 6.17. The van der Waals surface area contributed by atoms with Gasteiger partial charge in [-0.15, -0.1) is 0 Å². The number of rotatable bonds is 4. The Morgan fingerprint density at radius 2 is 1.95 bits per heavy atom. The van der Waals surface area contributed by atoms with Crippen molar-refractivity contribution in [1.29, 1.82) is 0 Å². The lowest BCUT2D eigenvalue weighted by Crippen LogP contribution is -2.38. The Morgan fingerprint density at radius 1 is 1.24 bits per heavy atom. The van der Waals surface area contributed by atoms with Gasteiger partial charge in [0.05, 0.1) is 16.9 Å². The van der Waals surface area contributed by atoms with Gasteiger partial charge in [-0.05, 0) is 25.0 Å². The SMILES string of the molecule is Cn1ncc(Cl)c1CN1CCC(Oc2ccccc2)CC1. The van der Waals surface area contributed by atoms with E-state index in [-0.39, 0.29) is 0 Å². The molecule has 1 saturated heterocycles. The first kappa shape index (κ1) is 14.4. The molecule has 0 N–H and O–H groups in total. The molecule has 112 valence electrons. The van der Waals surface area contributed by atoms with Crippen molar-refractivity contribution in [3.8, 4) is 5.75 Å². The molecule has 1 fully saturated rings. The number of hydrogen-bond acceptors (Lipinski definition) is 3. The Morgan fingerprint density at radius 3 is 2.57 bits per heavy atom. The third kappa shape index (κ3) is 3.57. The van der Waals surface area contributed by atoms with Crippen LogP contribution in [0.5, 0.6) is 5.75 Å². The van der Waals surface area contributed by atoms with Gasteiger partial charge in [-0.25, -0.2) is 0 Å². The molecule has 0 amide bonds. The molecule has 5 heteroatoms. The second kappa shape index (κ2) is 6.50. The van der Waals surface area contributed by atoms with Crippen LogP contribution in [-0.4, -0.2) is 33.9 Å². The monoisotopic (exact) mass is 305 g/mol. The summed E-state index contributed by atoms with van der Waals surface area (Å²) in [7, 11) is 1.94. The molecule has 3 rings (SSSR count). The van der Waals surface area contributed by atoms with Gasteiger partial charge >= 0.3 is 0 Å². The van der Waals surface area contributed by atoms with Crippen LogP contribution in [0.4, 0.5) is 0 Å². The molecule has 0 spiro atoms. The van der Waals surface area contributed by atoms with Crippen molar-refractivity contribution in [1.82, 2.24) is 14.7 Å². The first-order valence-electron chi connectivity index (χ1n) is 7.33. The molecule has 2 heterocycles. The van der Waals surface area contributed by atoms with Crippen LogP contribution in [0.2, 0.25) is 5.02 Å². The fourth-order valence-corrected chi connectivity index (χ4v) is 2.93. The summed E-state index contributed by atoms with van der Waals surface area (Å²) in [5.74, 6) is 0.964. The van der Waals surface area contributed by atoms with Crippen molar-refractivity contribution in [3.63, 3.8) is 0 Å². The Balaban J connectivity index is 1.51. The molecule has 0 atom stereocenters. The second-order valence-electron chi connectivity index (χ2n) is 5.47. The Hall–Kier alpha value is -1.52. The summed E-state index contributed by atoms with van der Waals surface area (Å²) in [5, 5.41) is 4.94. The largest absolute Gasteiger partial charge is 0.490 e. The molecular weight excluding hydrogens is 286 g/mol. The molecule has 1 aliphatic rings. The highest BCUT2D eigenvalue weighted by atomic mass is 35.5. The Bertz CT molecular complexity index is 557. The van der Waals surface area contributed by atoms with Gasteiger partial charge < -0.3 is 4.74 Å². The number of benzene rings is 1. The zero-order valence-electron chi connectivity index (χ0n) is 12.2. The standard InChI is InChI=1S/C16H20ClN3O/c1-19-16(15(17)11-18-19)12-20-9-7-14(8-10-20)21-13-5-3-2-4-6-13/h2-6,11,14H,7-10,12H2,1H3. The molecule has 2 aromatic rings. The number of halogens is 1. The van der Waals surface area contributed by atoms with E-state index < -0.39 is 0 Å². The smallest absolute Gasteiger partial charge is 0.119 e. The normalized spacial score (nSPS) is 17.0. The minimum absolute atomic E-state index is 0.311. The highest BCUT2D eigenvalue weighted by Gasteiger charge is 2.22. The van der Waals surface area contributed by atoms with E-state index in [0.29, 0.717) is 6.10 Å². The highest BCUT2D eigenvalue weighted by Crippen LogP contribution is 2.22. The van der Waals surface area contributed by atoms with E-state index in [2.05, 4.69) is 10.00 Å². The van der Waals surface area contributed by atoms with Crippen molar-refractivity contribution in [3.05, 3.63) is 47.2 Å². The van der Waals surface area contributed by atoms with Gasteiger partial charge in [-0.2, -0.15) is 5.10 Å². The van der Waals surface area contributed by atoms with Crippen molar-refractivity contribution >= 4 is 11.6 Å². The molecule has 0 bridgehead atoms. The summed E-state index contributed by atoms with van der Waals surface area (Å²) in [6.45, 7) is 2.91. The van der Waals surface area contributed by atoms with Crippen LogP contribution in [0.1, 0.15) is 18.5 Å². The molecule has 1 aromatic carbocycles. The number of nitrogens with zero attached hydrogens (tertiary/aromatic N) is 3. The minimum atomic E-state index is 0.311. The molecule has 1 aromatic heterocycles. The Kier molecular flexibility index (Phi) is 4.46. The number of aromatic nitrogens is 2. The van der Waals surface area contributed by atoms with Crippen LogP contribution >= 0.6 is 11.6 Å². The molecule has 0 aliphatic carbocycles. The van der Waals surface area contributed by atoms with E-state index in [0.717, 1.165) is 48.9 Å². The summed E-state index contributed by atoms with van der Waals surface area (Å²) in [6, 6.07) is 10.1. The summed E-state index contributed by atoms with van der Waals surface area (Å²) in [4.78, 5) is 2.41. The Labute approximate surface area is 130 Å². The van der Waals surface area contributed by atoms with Crippen LogP contribution in [0.25, 0.3) is 0 Å². The number of para-hydroxylation sites is 1. The van der Waals surface area contributed by atoms with Crippen molar-refractivity contribution < 1.29 is 4.74 Å². The topological polar surface area (TPSA) is 30.3 Å². The first-order chi connectivity index (χ1) is 10.2. The predicted octanol–water partition coefficient (Wildman–Crippen LogP) is 3.12. The van der Waals surface area contributed by atoms with E-state index in [1.165, 1.54) is 0 Å². The minimum Gasteiger partial charge on any atom is -0.490 e. The van der Waals surface area contributed by atoms with Gasteiger partial charge in [0.25, 0.3) is 0 Å². The van der Waals surface area contributed by atoms with Crippen LogP contribution in [0, 0.1) is 0 Å². The summed E-state index contributed by atoms with van der Waals surface area (Å²) in [6.07, 6.45) is 4.11. The zero-order valence-corrected chi connectivity index (χ0v) is 13.0. The molecule has 21 heavy (non-hydrogen) atoms. The highest BCUT2D eigenvalue weighted by molar-refractivity contribution is 6.31. The van der Waals surface area contributed by atoms with E-state index >= 15 is 0 Å². The van der Waals surface area contributed by atoms with Gasteiger partial charge in [0.2, 0.25) is 0 Å². The van der Waals surface area contributed by atoms with E-state index in [4.69, 9.17) is 16.3 Å². The van der Waals surface area contributed by atoms with Crippen LogP contribution < -0.4 is 4.74 Å². The summed E-state index contributed by atoms with van der Waals surface area (Å²) in [5.41, 5.74) is 1.08. The first-order valence-corrected chi connectivity index (χ1v) is 7.70. The van der Waals surface area contributed by atoms with E-state index in [9.17, 15) is 0 Å². The third-order valence-corrected chi connectivity index (χ3v) is 4.28. The quantitative estimate of drug-likeness (QED) is 0.869. The lowest BCUT2D eigenvalue weighted by Gasteiger charge is -2.32. The number of aryl methyl sites for hydroxylation is 1. The van der Waals surface area contributed by atoms with Crippen molar-refractivity contribution in [2.75, 3.05) is 13.1 Å². The van der Waals surface area contributed by atoms with E-state index in [1.807, 2.05) is 42.1 Å². The fourth-order valence-electron chi connectivity index (χ4n) is 2.70. The maximum Gasteiger partial charge on any atom is 0.119 e. The predicted molar refractivity (Wildman–Crippen MR) is 83.6 cm³/mol. The van der Waals surface area contributed by atoms with Gasteiger partial charge in [0, 0.05) is 26.7 Å². The maximum absolute atomic E-state index is 6.17. The van der Waals surface area contributed by atoms with Gasteiger partial charge in [0.15, 0.2) is 0 Å². The molecule has 0 saturated carbocycles. The molecule has 0 radical (unpaired) electrons. The number of piperidine rings is 1. The van der Waals surface area contributed by atoms with Crippen LogP contribution in [0.3, 0.4) is 0 Å². The number of hydrogen-bond donors (Lipinski definition) is 0. The van der Waals surface area contributed by atoms with Crippen molar-refractivity contribution in [2.45, 2.75) is 25.5 Å². The zero-order chi connectivity index (χ0) is 14.7. The van der Waals surface area contributed by atoms with Crippen LogP contribution in [0.15, 0.2) is 36.5 Å². The third-order valence-electron chi connectivity index (χ3n) is 3.96. The fraction of sp³-hybridized carbons (Fsp3) is 0.438. The number of ether oxygens (including phenoxy) is 1. The lowest BCUT2D eigenvalue weighted by molar-refractivity contribution is 0.0955. The van der Waals surface area contributed by atoms with Crippen molar-refractivity contribution in [2.24, 2.45) is 7.05 Å². The van der Waals surface area contributed by atoms with Gasteiger partial charge in [-0.3, -0.25) is 9.58 Å². The lowest BCUT2D eigenvalue weighted by atomic mass is 10.1. The summed E-state index contributed by atoms with van der Waals surface area (Å²) < 4.78 is 7.87. The maximum atomic E-state index is 6.17. The van der Waals surface area contributed by atoms with Crippen LogP contribution in [-0.2, 0) is 13.6 Å². The van der Waals surface area contributed by atoms with E-state index in [1.54, 1.807) is 6.20 Å². The molecule has 1 aliphatic heterocycles. The molecule has 4 nitrogen and oxygen atoms in total. The molecular formula is C16H20ClN3O.